The van der Waals surface area contributed by atoms with Crippen LogP contribution >= 0.6 is 0 Å². The van der Waals surface area contributed by atoms with Gasteiger partial charge in [-0.1, -0.05) is 24.3 Å². The SMILES string of the molecule is Cc1ncoc1-c1ccc(-c2ocnc2C)cc1. The first-order valence-corrected chi connectivity index (χ1v) is 5.66. The number of rotatable bonds is 2. The first kappa shape index (κ1) is 10.8. The monoisotopic (exact) mass is 240 g/mol. The number of hydrogen-bond acceptors (Lipinski definition) is 4. The number of aromatic nitrogens is 2. The summed E-state index contributed by atoms with van der Waals surface area (Å²) >= 11 is 0. The third-order valence-electron chi connectivity index (χ3n) is 2.90. The van der Waals surface area contributed by atoms with Crippen molar-refractivity contribution < 1.29 is 8.83 Å². The Balaban J connectivity index is 2.00. The van der Waals surface area contributed by atoms with Crippen LogP contribution in [0, 0.1) is 13.8 Å². The van der Waals surface area contributed by atoms with E-state index >= 15 is 0 Å². The molecule has 3 rings (SSSR count). The van der Waals surface area contributed by atoms with Crippen molar-refractivity contribution in [2.75, 3.05) is 0 Å². The van der Waals surface area contributed by atoms with Gasteiger partial charge in [0.2, 0.25) is 0 Å². The van der Waals surface area contributed by atoms with Crippen LogP contribution in [-0.4, -0.2) is 9.97 Å². The molecule has 90 valence electrons. The molecule has 0 saturated carbocycles. The zero-order chi connectivity index (χ0) is 12.5. The molecule has 0 N–H and O–H groups in total. The van der Waals surface area contributed by atoms with Crippen molar-refractivity contribution in [1.29, 1.82) is 0 Å². The Bertz CT molecular complexity index is 606. The van der Waals surface area contributed by atoms with Crippen molar-refractivity contribution in [3.8, 4) is 22.6 Å². The fraction of sp³-hybridized carbons (Fsp3) is 0.143. The number of benzene rings is 1. The highest BCUT2D eigenvalue weighted by molar-refractivity contribution is 5.66. The molecule has 0 amide bonds. The van der Waals surface area contributed by atoms with E-state index in [-0.39, 0.29) is 0 Å². The van der Waals surface area contributed by atoms with E-state index < -0.39 is 0 Å². The van der Waals surface area contributed by atoms with Gasteiger partial charge in [-0.05, 0) is 13.8 Å². The van der Waals surface area contributed by atoms with Crippen molar-refractivity contribution in [2.24, 2.45) is 0 Å². The average molecular weight is 240 g/mol. The van der Waals surface area contributed by atoms with Gasteiger partial charge in [0.1, 0.15) is 0 Å². The standard InChI is InChI=1S/C14H12N2O2/c1-9-13(17-7-15-9)11-3-5-12(6-4-11)14-10(2)16-8-18-14/h3-8H,1-2H3. The molecule has 2 aromatic heterocycles. The second kappa shape index (κ2) is 4.14. The van der Waals surface area contributed by atoms with E-state index in [1.54, 1.807) is 0 Å². The van der Waals surface area contributed by atoms with Crippen molar-refractivity contribution >= 4 is 0 Å². The summed E-state index contributed by atoms with van der Waals surface area (Å²) in [5, 5.41) is 0. The molecule has 4 nitrogen and oxygen atoms in total. The van der Waals surface area contributed by atoms with Crippen molar-refractivity contribution in [2.45, 2.75) is 13.8 Å². The molecule has 0 aliphatic carbocycles. The maximum Gasteiger partial charge on any atom is 0.181 e. The van der Waals surface area contributed by atoms with Crippen LogP contribution in [0.2, 0.25) is 0 Å². The predicted molar refractivity (Wildman–Crippen MR) is 66.9 cm³/mol. The molecule has 3 aromatic rings. The smallest absolute Gasteiger partial charge is 0.181 e. The van der Waals surface area contributed by atoms with E-state index in [9.17, 15) is 0 Å². The second-order valence-corrected chi connectivity index (χ2v) is 4.11. The van der Waals surface area contributed by atoms with Gasteiger partial charge in [0.25, 0.3) is 0 Å². The van der Waals surface area contributed by atoms with Crippen molar-refractivity contribution in [3.63, 3.8) is 0 Å². The Kier molecular flexibility index (Phi) is 2.48. The Morgan fingerprint density at radius 1 is 0.722 bits per heavy atom. The summed E-state index contributed by atoms with van der Waals surface area (Å²) in [6.07, 6.45) is 2.92. The molecule has 0 radical (unpaired) electrons. The molecule has 0 saturated heterocycles. The van der Waals surface area contributed by atoms with Crippen LogP contribution in [-0.2, 0) is 0 Å². The van der Waals surface area contributed by atoms with Gasteiger partial charge in [-0.3, -0.25) is 0 Å². The third kappa shape index (κ3) is 1.72. The number of nitrogens with zero attached hydrogens (tertiary/aromatic N) is 2. The molecular weight excluding hydrogens is 228 g/mol. The van der Waals surface area contributed by atoms with Gasteiger partial charge in [-0.25, -0.2) is 9.97 Å². The molecule has 4 heteroatoms. The van der Waals surface area contributed by atoms with Crippen LogP contribution in [0.5, 0.6) is 0 Å². The third-order valence-corrected chi connectivity index (χ3v) is 2.90. The highest BCUT2D eigenvalue weighted by atomic mass is 16.3. The van der Waals surface area contributed by atoms with Gasteiger partial charge >= 0.3 is 0 Å². The highest BCUT2D eigenvalue weighted by Crippen LogP contribution is 2.27. The van der Waals surface area contributed by atoms with Gasteiger partial charge in [-0.2, -0.15) is 0 Å². The van der Waals surface area contributed by atoms with Crippen LogP contribution in [0.4, 0.5) is 0 Å². The maximum absolute atomic E-state index is 5.36. The second-order valence-electron chi connectivity index (χ2n) is 4.11. The summed E-state index contributed by atoms with van der Waals surface area (Å²) in [6.45, 7) is 3.85. The van der Waals surface area contributed by atoms with Gasteiger partial charge in [0, 0.05) is 11.1 Å². The average Bonchev–Trinajstić information content (AvgIpc) is 2.98. The number of oxazole rings is 2. The zero-order valence-corrected chi connectivity index (χ0v) is 10.2. The lowest BCUT2D eigenvalue weighted by Gasteiger charge is -2.01. The van der Waals surface area contributed by atoms with Gasteiger partial charge in [-0.15, -0.1) is 0 Å². The van der Waals surface area contributed by atoms with Gasteiger partial charge in [0.15, 0.2) is 24.3 Å². The summed E-state index contributed by atoms with van der Waals surface area (Å²) in [5.74, 6) is 1.60. The molecular formula is C14H12N2O2. The lowest BCUT2D eigenvalue weighted by Crippen LogP contribution is -1.82. The maximum atomic E-state index is 5.36. The quantitative estimate of drug-likeness (QED) is 0.686. The topological polar surface area (TPSA) is 52.1 Å². The fourth-order valence-corrected chi connectivity index (χ4v) is 1.93. The largest absolute Gasteiger partial charge is 0.443 e. The highest BCUT2D eigenvalue weighted by Gasteiger charge is 2.09. The lowest BCUT2D eigenvalue weighted by molar-refractivity contribution is 0.570. The Morgan fingerprint density at radius 2 is 1.11 bits per heavy atom. The lowest BCUT2D eigenvalue weighted by atomic mass is 10.1. The summed E-state index contributed by atoms with van der Waals surface area (Å²) in [5.41, 5.74) is 3.79. The Morgan fingerprint density at radius 3 is 1.39 bits per heavy atom. The van der Waals surface area contributed by atoms with Gasteiger partial charge < -0.3 is 8.83 Å². The number of aryl methyl sites for hydroxylation is 2. The summed E-state index contributed by atoms with van der Waals surface area (Å²) in [4.78, 5) is 8.17. The molecule has 0 unspecified atom stereocenters. The minimum atomic E-state index is 0.802. The van der Waals surface area contributed by atoms with E-state index in [0.717, 1.165) is 34.0 Å². The minimum Gasteiger partial charge on any atom is -0.443 e. The van der Waals surface area contributed by atoms with Crippen molar-refractivity contribution in [3.05, 3.63) is 48.4 Å². The van der Waals surface area contributed by atoms with Crippen LogP contribution in [0.15, 0.2) is 45.9 Å². The molecule has 18 heavy (non-hydrogen) atoms. The molecule has 0 bridgehead atoms. The van der Waals surface area contributed by atoms with Crippen molar-refractivity contribution in [1.82, 2.24) is 9.97 Å². The van der Waals surface area contributed by atoms with E-state index in [2.05, 4.69) is 9.97 Å². The Labute approximate surface area is 104 Å². The molecule has 0 aliphatic rings. The summed E-state index contributed by atoms with van der Waals surface area (Å²) < 4.78 is 10.7. The van der Waals surface area contributed by atoms with Crippen LogP contribution in [0.1, 0.15) is 11.4 Å². The van der Waals surface area contributed by atoms with Crippen LogP contribution in [0.25, 0.3) is 22.6 Å². The summed E-state index contributed by atoms with van der Waals surface area (Å²) in [6, 6.07) is 7.96. The normalized spacial score (nSPS) is 10.8. The van der Waals surface area contributed by atoms with Crippen LogP contribution in [0.3, 0.4) is 0 Å². The molecule has 1 aromatic carbocycles. The van der Waals surface area contributed by atoms with Gasteiger partial charge in [0.05, 0.1) is 11.4 Å². The van der Waals surface area contributed by atoms with E-state index in [1.165, 1.54) is 12.8 Å². The molecule has 0 atom stereocenters. The first-order valence-electron chi connectivity index (χ1n) is 5.66. The zero-order valence-electron chi connectivity index (χ0n) is 10.2. The first-order chi connectivity index (χ1) is 8.75. The van der Waals surface area contributed by atoms with Crippen LogP contribution < -0.4 is 0 Å². The molecule has 2 heterocycles. The minimum absolute atomic E-state index is 0.802. The number of hydrogen-bond donors (Lipinski definition) is 0. The Hall–Kier alpha value is -2.36. The molecule has 0 spiro atoms. The molecule has 0 fully saturated rings. The fourth-order valence-electron chi connectivity index (χ4n) is 1.93. The van der Waals surface area contributed by atoms with E-state index in [0.29, 0.717) is 0 Å². The van der Waals surface area contributed by atoms with E-state index in [4.69, 9.17) is 8.83 Å². The predicted octanol–water partition coefficient (Wildman–Crippen LogP) is 3.61. The van der Waals surface area contributed by atoms with E-state index in [1.807, 2.05) is 38.1 Å². The molecule has 0 aliphatic heterocycles. The summed E-state index contributed by atoms with van der Waals surface area (Å²) in [7, 11) is 0.